The van der Waals surface area contributed by atoms with E-state index in [0.29, 0.717) is 0 Å². The maximum absolute atomic E-state index is 11.1. The summed E-state index contributed by atoms with van der Waals surface area (Å²) in [5, 5.41) is 3.23. The van der Waals surface area contributed by atoms with Crippen molar-refractivity contribution in [3.8, 4) is 0 Å². The van der Waals surface area contributed by atoms with Gasteiger partial charge >= 0.3 is 0 Å². The Morgan fingerprint density at radius 1 is 1.31 bits per heavy atom. The fourth-order valence-corrected chi connectivity index (χ4v) is 2.64. The lowest BCUT2D eigenvalue weighted by molar-refractivity contribution is 0.598. The van der Waals surface area contributed by atoms with Crippen molar-refractivity contribution in [3.63, 3.8) is 0 Å². The average Bonchev–Trinajstić information content (AvgIpc) is 2.08. The quantitative estimate of drug-likeness (QED) is 0.878. The second-order valence-electron chi connectivity index (χ2n) is 4.46. The van der Waals surface area contributed by atoms with Gasteiger partial charge in [-0.15, -0.1) is 0 Å². The minimum atomic E-state index is -2.93. The van der Waals surface area contributed by atoms with Gasteiger partial charge in [0.25, 0.3) is 0 Å². The molecule has 0 aliphatic carbocycles. The molecule has 0 radical (unpaired) electrons. The van der Waals surface area contributed by atoms with Crippen LogP contribution in [0.15, 0.2) is 18.2 Å². The Balaban J connectivity index is 2.77. The van der Waals surface area contributed by atoms with Crippen molar-refractivity contribution < 1.29 is 8.42 Å². The standard InChI is InChI=1S/C12H19NO2S/c1-9-5-6-10(2)12(7-9)13-11(3)8-16(4,14)15/h5-7,11,13H,8H2,1-4H3. The van der Waals surface area contributed by atoms with E-state index < -0.39 is 9.84 Å². The van der Waals surface area contributed by atoms with E-state index in [1.54, 1.807) is 0 Å². The molecule has 4 heteroatoms. The average molecular weight is 241 g/mol. The maximum atomic E-state index is 11.1. The minimum absolute atomic E-state index is 0.0736. The summed E-state index contributed by atoms with van der Waals surface area (Å²) in [5.74, 6) is 0.153. The molecule has 1 unspecified atom stereocenters. The first-order valence-electron chi connectivity index (χ1n) is 5.29. The first-order chi connectivity index (χ1) is 7.28. The smallest absolute Gasteiger partial charge is 0.149 e. The van der Waals surface area contributed by atoms with Gasteiger partial charge in [-0.25, -0.2) is 8.42 Å². The molecule has 0 aliphatic heterocycles. The molecule has 0 spiro atoms. The van der Waals surface area contributed by atoms with Gasteiger partial charge in [-0.05, 0) is 38.0 Å². The lowest BCUT2D eigenvalue weighted by Crippen LogP contribution is -2.25. The zero-order valence-electron chi connectivity index (χ0n) is 10.2. The van der Waals surface area contributed by atoms with Crippen molar-refractivity contribution >= 4 is 15.5 Å². The van der Waals surface area contributed by atoms with E-state index in [4.69, 9.17) is 0 Å². The third-order valence-corrected chi connectivity index (χ3v) is 3.45. The van der Waals surface area contributed by atoms with Gasteiger partial charge in [-0.1, -0.05) is 12.1 Å². The molecule has 1 aromatic rings. The Hall–Kier alpha value is -1.03. The summed E-state index contributed by atoms with van der Waals surface area (Å²) in [5.41, 5.74) is 3.31. The summed E-state index contributed by atoms with van der Waals surface area (Å²) >= 11 is 0. The molecule has 0 fully saturated rings. The number of sulfone groups is 1. The SMILES string of the molecule is Cc1ccc(C)c(NC(C)CS(C)(=O)=O)c1. The van der Waals surface area contributed by atoms with Crippen molar-refractivity contribution in [1.29, 1.82) is 0 Å². The van der Waals surface area contributed by atoms with Gasteiger partial charge in [0.2, 0.25) is 0 Å². The molecular formula is C12H19NO2S. The molecular weight excluding hydrogens is 222 g/mol. The van der Waals surface area contributed by atoms with Gasteiger partial charge in [-0.3, -0.25) is 0 Å². The molecule has 0 heterocycles. The van der Waals surface area contributed by atoms with E-state index >= 15 is 0 Å². The zero-order chi connectivity index (χ0) is 12.3. The normalized spacial score (nSPS) is 13.5. The summed E-state index contributed by atoms with van der Waals surface area (Å²) in [4.78, 5) is 0. The monoisotopic (exact) mass is 241 g/mol. The third kappa shape index (κ3) is 4.23. The van der Waals surface area contributed by atoms with Crippen molar-refractivity contribution in [3.05, 3.63) is 29.3 Å². The van der Waals surface area contributed by atoms with E-state index in [1.807, 2.05) is 39.0 Å². The van der Waals surface area contributed by atoms with E-state index in [1.165, 1.54) is 11.8 Å². The molecule has 1 rings (SSSR count). The molecule has 1 atom stereocenters. The molecule has 0 bridgehead atoms. The molecule has 16 heavy (non-hydrogen) atoms. The first kappa shape index (κ1) is 13.0. The van der Waals surface area contributed by atoms with Gasteiger partial charge < -0.3 is 5.32 Å². The molecule has 0 aliphatic rings. The van der Waals surface area contributed by atoms with Gasteiger partial charge in [-0.2, -0.15) is 0 Å². The molecule has 90 valence electrons. The van der Waals surface area contributed by atoms with Crippen LogP contribution < -0.4 is 5.32 Å². The summed E-state index contributed by atoms with van der Waals surface area (Å²) in [6.45, 7) is 5.91. The highest BCUT2D eigenvalue weighted by Gasteiger charge is 2.11. The van der Waals surface area contributed by atoms with Crippen LogP contribution in [-0.4, -0.2) is 26.5 Å². The highest BCUT2D eigenvalue weighted by Crippen LogP contribution is 2.17. The second-order valence-corrected chi connectivity index (χ2v) is 6.64. The van der Waals surface area contributed by atoms with Gasteiger partial charge in [0, 0.05) is 18.0 Å². The number of benzene rings is 1. The Morgan fingerprint density at radius 3 is 2.50 bits per heavy atom. The number of anilines is 1. The fraction of sp³-hybridized carbons (Fsp3) is 0.500. The number of hydrogen-bond acceptors (Lipinski definition) is 3. The topological polar surface area (TPSA) is 46.2 Å². The van der Waals surface area contributed by atoms with E-state index in [-0.39, 0.29) is 11.8 Å². The van der Waals surface area contributed by atoms with Gasteiger partial charge in [0.1, 0.15) is 9.84 Å². The van der Waals surface area contributed by atoms with E-state index in [0.717, 1.165) is 11.3 Å². The predicted molar refractivity (Wildman–Crippen MR) is 68.7 cm³/mol. The van der Waals surface area contributed by atoms with Crippen molar-refractivity contribution in [1.82, 2.24) is 0 Å². The van der Waals surface area contributed by atoms with Crippen LogP contribution in [0.4, 0.5) is 5.69 Å². The summed E-state index contributed by atoms with van der Waals surface area (Å²) < 4.78 is 22.3. The molecule has 3 nitrogen and oxygen atoms in total. The van der Waals surface area contributed by atoms with E-state index in [2.05, 4.69) is 5.32 Å². The summed E-state index contributed by atoms with van der Waals surface area (Å²) in [7, 11) is -2.93. The van der Waals surface area contributed by atoms with Crippen LogP contribution in [0.2, 0.25) is 0 Å². The van der Waals surface area contributed by atoms with Crippen molar-refractivity contribution in [2.75, 3.05) is 17.3 Å². The van der Waals surface area contributed by atoms with Crippen LogP contribution in [0.5, 0.6) is 0 Å². The number of rotatable bonds is 4. The Bertz CT molecular complexity index is 466. The highest BCUT2D eigenvalue weighted by atomic mass is 32.2. The van der Waals surface area contributed by atoms with Crippen LogP contribution in [0, 0.1) is 13.8 Å². The third-order valence-electron chi connectivity index (χ3n) is 2.35. The van der Waals surface area contributed by atoms with E-state index in [9.17, 15) is 8.42 Å². The van der Waals surface area contributed by atoms with Crippen LogP contribution in [0.25, 0.3) is 0 Å². The Morgan fingerprint density at radius 2 is 1.94 bits per heavy atom. The lowest BCUT2D eigenvalue weighted by Gasteiger charge is -2.16. The number of nitrogens with one attached hydrogen (secondary N) is 1. The molecule has 0 saturated heterocycles. The van der Waals surface area contributed by atoms with Crippen LogP contribution in [0.3, 0.4) is 0 Å². The molecule has 0 amide bonds. The summed E-state index contributed by atoms with van der Waals surface area (Å²) in [6, 6.07) is 6.04. The zero-order valence-corrected chi connectivity index (χ0v) is 11.1. The highest BCUT2D eigenvalue weighted by molar-refractivity contribution is 7.90. The van der Waals surface area contributed by atoms with Gasteiger partial charge in [0.05, 0.1) is 5.75 Å². The summed E-state index contributed by atoms with van der Waals surface area (Å²) in [6.07, 6.45) is 1.26. The molecule has 1 aromatic carbocycles. The van der Waals surface area contributed by atoms with Gasteiger partial charge in [0.15, 0.2) is 0 Å². The van der Waals surface area contributed by atoms with Crippen molar-refractivity contribution in [2.45, 2.75) is 26.8 Å². The molecule has 0 aromatic heterocycles. The maximum Gasteiger partial charge on any atom is 0.149 e. The molecule has 0 saturated carbocycles. The number of hydrogen-bond donors (Lipinski definition) is 1. The first-order valence-corrected chi connectivity index (χ1v) is 7.35. The Kier molecular flexibility index (Phi) is 3.97. The lowest BCUT2D eigenvalue weighted by atomic mass is 10.1. The van der Waals surface area contributed by atoms with Crippen LogP contribution in [0.1, 0.15) is 18.1 Å². The minimum Gasteiger partial charge on any atom is -0.381 e. The fourth-order valence-electron chi connectivity index (χ4n) is 1.65. The predicted octanol–water partition coefficient (Wildman–Crippen LogP) is 2.15. The second kappa shape index (κ2) is 4.87. The Labute approximate surface area is 97.8 Å². The number of aryl methyl sites for hydroxylation is 2. The van der Waals surface area contributed by atoms with Crippen LogP contribution in [-0.2, 0) is 9.84 Å². The van der Waals surface area contributed by atoms with Crippen molar-refractivity contribution in [2.24, 2.45) is 0 Å². The molecule has 1 N–H and O–H groups in total. The largest absolute Gasteiger partial charge is 0.381 e. The van der Waals surface area contributed by atoms with Crippen LogP contribution >= 0.6 is 0 Å².